The number of benzene rings is 1. The van der Waals surface area contributed by atoms with Crippen LogP contribution in [0.3, 0.4) is 0 Å². The summed E-state index contributed by atoms with van der Waals surface area (Å²) >= 11 is 7.55. The second-order valence-corrected chi connectivity index (χ2v) is 8.09. The number of amides is 1. The highest BCUT2D eigenvalue weighted by Gasteiger charge is 2.37. The lowest BCUT2D eigenvalue weighted by atomic mass is 10.1. The van der Waals surface area contributed by atoms with Crippen LogP contribution in [0.15, 0.2) is 10.9 Å². The molecule has 0 aliphatic carbocycles. The number of hydrogen-bond donors (Lipinski definition) is 2. The van der Waals surface area contributed by atoms with E-state index in [2.05, 4.69) is 9.97 Å². The molecular weight excluding hydrogens is 516 g/mol. The molecule has 28 heavy (non-hydrogen) atoms. The summed E-state index contributed by atoms with van der Waals surface area (Å²) < 4.78 is 40.3. The van der Waals surface area contributed by atoms with Gasteiger partial charge in [0.2, 0.25) is 0 Å². The van der Waals surface area contributed by atoms with Crippen LogP contribution in [-0.2, 0) is 6.18 Å². The van der Waals surface area contributed by atoms with Crippen LogP contribution >= 0.6 is 34.2 Å². The maximum atomic E-state index is 13.4. The van der Waals surface area contributed by atoms with Crippen LogP contribution in [0.2, 0.25) is 5.02 Å². The third kappa shape index (κ3) is 3.61. The Kier molecular flexibility index (Phi) is 5.42. The molecule has 1 saturated heterocycles. The number of H-pyrrole nitrogens is 1. The molecule has 3 rings (SSSR count). The minimum absolute atomic E-state index is 0.0649. The molecule has 12 heteroatoms. The number of anilines is 1. The molecule has 0 bridgehead atoms. The van der Waals surface area contributed by atoms with Crippen LogP contribution in [0.4, 0.5) is 23.8 Å². The first-order valence-corrected chi connectivity index (χ1v) is 9.63. The highest BCUT2D eigenvalue weighted by atomic mass is 127. The average molecular weight is 531 g/mol. The number of fused-ring (bicyclic) bond motifs is 1. The highest BCUT2D eigenvalue weighted by Crippen LogP contribution is 2.41. The third-order valence-corrected chi connectivity index (χ3v) is 6.42. The first-order chi connectivity index (χ1) is 12.9. The van der Waals surface area contributed by atoms with Gasteiger partial charge in [-0.3, -0.25) is 4.90 Å². The Balaban J connectivity index is 2.20. The molecule has 1 amide bonds. The van der Waals surface area contributed by atoms with Gasteiger partial charge in [-0.25, -0.2) is 9.59 Å². The molecule has 2 atom stereocenters. The van der Waals surface area contributed by atoms with Crippen LogP contribution in [0.1, 0.15) is 19.4 Å². The van der Waals surface area contributed by atoms with E-state index in [4.69, 9.17) is 11.6 Å². The van der Waals surface area contributed by atoms with Crippen LogP contribution < -0.4 is 10.6 Å². The molecule has 0 radical (unpaired) electrons. The van der Waals surface area contributed by atoms with Gasteiger partial charge in [0.1, 0.15) is 5.82 Å². The van der Waals surface area contributed by atoms with Gasteiger partial charge < -0.3 is 15.0 Å². The standard InChI is InChI=1S/C16H15ClF3IN4O3/c1-6-4-24(5-7(2)25(6)15(27)28)13-8-3-9(16(18,19)20)10(17)11(21)12(8)22-14(26)23-13/h3,6-7H,4-5H2,1-2H3,(H,27,28)(H,22,23,26)/t6-,7+. The maximum Gasteiger partial charge on any atom is 0.417 e. The number of nitrogens with one attached hydrogen (secondary N) is 1. The number of carboxylic acid groups (broad SMARTS) is 1. The van der Waals surface area contributed by atoms with Crippen molar-refractivity contribution in [3.05, 3.63) is 30.7 Å². The van der Waals surface area contributed by atoms with Crippen LogP contribution in [0.25, 0.3) is 10.9 Å². The number of piperazine rings is 1. The van der Waals surface area contributed by atoms with Crippen molar-refractivity contribution in [3.63, 3.8) is 0 Å². The lowest BCUT2D eigenvalue weighted by Gasteiger charge is -2.43. The van der Waals surface area contributed by atoms with Crippen molar-refractivity contribution >= 4 is 57.0 Å². The second kappa shape index (κ2) is 7.25. The first kappa shape index (κ1) is 21.0. The number of nitrogens with zero attached hydrogens (tertiary/aromatic N) is 3. The van der Waals surface area contributed by atoms with Crippen LogP contribution in [0, 0.1) is 3.57 Å². The number of rotatable bonds is 1. The number of carbonyl (C=O) groups is 1. The monoisotopic (exact) mass is 530 g/mol. The van der Waals surface area contributed by atoms with Crippen molar-refractivity contribution in [3.8, 4) is 0 Å². The molecule has 2 heterocycles. The van der Waals surface area contributed by atoms with Crippen molar-refractivity contribution in [2.75, 3.05) is 18.0 Å². The van der Waals surface area contributed by atoms with Crippen molar-refractivity contribution in [2.24, 2.45) is 0 Å². The topological polar surface area (TPSA) is 89.5 Å². The zero-order valence-electron chi connectivity index (χ0n) is 14.6. The van der Waals surface area contributed by atoms with E-state index in [1.807, 2.05) is 0 Å². The van der Waals surface area contributed by atoms with Gasteiger partial charge in [0.05, 0.1) is 31.8 Å². The normalized spacial score (nSPS) is 20.7. The van der Waals surface area contributed by atoms with Crippen molar-refractivity contribution in [2.45, 2.75) is 32.1 Å². The highest BCUT2D eigenvalue weighted by molar-refractivity contribution is 14.1. The van der Waals surface area contributed by atoms with Crippen molar-refractivity contribution < 1.29 is 23.1 Å². The second-order valence-electron chi connectivity index (χ2n) is 6.63. The van der Waals surface area contributed by atoms with Gasteiger partial charge in [0.15, 0.2) is 0 Å². The third-order valence-electron chi connectivity index (χ3n) is 4.63. The van der Waals surface area contributed by atoms with Crippen molar-refractivity contribution in [1.82, 2.24) is 14.9 Å². The lowest BCUT2D eigenvalue weighted by molar-refractivity contribution is -0.137. The fraction of sp³-hybridized carbons (Fsp3) is 0.438. The number of aromatic amines is 1. The molecule has 1 aromatic carbocycles. The van der Waals surface area contributed by atoms with E-state index in [0.717, 1.165) is 6.07 Å². The Morgan fingerprint density at radius 1 is 1.36 bits per heavy atom. The summed E-state index contributed by atoms with van der Waals surface area (Å²) in [6, 6.07) is -0.00603. The molecule has 1 fully saturated rings. The van der Waals surface area contributed by atoms with E-state index in [9.17, 15) is 27.9 Å². The molecule has 7 nitrogen and oxygen atoms in total. The van der Waals surface area contributed by atoms with E-state index < -0.39 is 40.6 Å². The fourth-order valence-electron chi connectivity index (χ4n) is 3.54. The summed E-state index contributed by atoms with van der Waals surface area (Å²) in [7, 11) is 0. The number of aromatic nitrogens is 2. The van der Waals surface area contributed by atoms with Gasteiger partial charge in [0.25, 0.3) is 0 Å². The van der Waals surface area contributed by atoms with E-state index in [-0.39, 0.29) is 33.4 Å². The summed E-state index contributed by atoms with van der Waals surface area (Å²) in [5.74, 6) is 0.0718. The largest absolute Gasteiger partial charge is 0.465 e. The van der Waals surface area contributed by atoms with Crippen LogP contribution in [0.5, 0.6) is 0 Å². The predicted molar refractivity (Wildman–Crippen MR) is 106 cm³/mol. The molecule has 152 valence electrons. The van der Waals surface area contributed by atoms with Gasteiger partial charge >= 0.3 is 18.0 Å². The first-order valence-electron chi connectivity index (χ1n) is 8.17. The minimum atomic E-state index is -4.68. The van der Waals surface area contributed by atoms with Gasteiger partial charge in [-0.15, -0.1) is 0 Å². The van der Waals surface area contributed by atoms with Gasteiger partial charge in [-0.1, -0.05) is 11.6 Å². The SMILES string of the molecule is C[C@@H]1CN(c2nc(=O)[nH]c3c(I)c(Cl)c(C(F)(F)F)cc23)C[C@H](C)N1C(=O)O. The summed E-state index contributed by atoms with van der Waals surface area (Å²) in [5, 5.41) is 8.95. The minimum Gasteiger partial charge on any atom is -0.465 e. The molecule has 1 aliphatic rings. The van der Waals surface area contributed by atoms with Gasteiger partial charge in [-0.05, 0) is 42.5 Å². The van der Waals surface area contributed by atoms with Crippen LogP contribution in [-0.4, -0.2) is 51.2 Å². The Morgan fingerprint density at radius 2 is 1.93 bits per heavy atom. The molecular formula is C16H15ClF3IN4O3. The Bertz CT molecular complexity index is 1000. The quantitative estimate of drug-likeness (QED) is 0.548. The number of hydrogen-bond acceptors (Lipinski definition) is 4. The molecule has 0 saturated carbocycles. The zero-order chi connectivity index (χ0) is 21.0. The maximum absolute atomic E-state index is 13.4. The van der Waals surface area contributed by atoms with E-state index >= 15 is 0 Å². The Labute approximate surface area is 175 Å². The average Bonchev–Trinajstić information content (AvgIpc) is 2.55. The number of alkyl halides is 3. The molecule has 2 N–H and O–H groups in total. The predicted octanol–water partition coefficient (Wildman–Crippen LogP) is 3.78. The molecule has 0 unspecified atom stereocenters. The van der Waals surface area contributed by atoms with Crippen molar-refractivity contribution in [1.29, 1.82) is 0 Å². The Morgan fingerprint density at radius 3 is 2.43 bits per heavy atom. The molecule has 2 aromatic rings. The molecule has 0 spiro atoms. The summed E-state index contributed by atoms with van der Waals surface area (Å²) in [6.45, 7) is 3.74. The van der Waals surface area contributed by atoms with E-state index in [1.54, 1.807) is 41.3 Å². The number of halogens is 5. The van der Waals surface area contributed by atoms with E-state index in [1.165, 1.54) is 4.90 Å². The molecule has 1 aliphatic heterocycles. The summed E-state index contributed by atoms with van der Waals surface area (Å²) in [6.07, 6.45) is -5.76. The smallest absolute Gasteiger partial charge is 0.417 e. The van der Waals surface area contributed by atoms with Gasteiger partial charge in [0, 0.05) is 18.5 Å². The van der Waals surface area contributed by atoms with Gasteiger partial charge in [-0.2, -0.15) is 18.2 Å². The lowest BCUT2D eigenvalue weighted by Crippen LogP contribution is -2.58. The zero-order valence-corrected chi connectivity index (χ0v) is 17.6. The summed E-state index contributed by atoms with van der Waals surface area (Å²) in [4.78, 5) is 32.7. The molecule has 1 aromatic heterocycles. The fourth-order valence-corrected chi connectivity index (χ4v) is 4.51. The summed E-state index contributed by atoms with van der Waals surface area (Å²) in [5.41, 5.74) is -1.58. The van der Waals surface area contributed by atoms with E-state index in [0.29, 0.717) is 0 Å². The Hall–Kier alpha value is -1.76.